The molecule has 1 aromatic carbocycles. The van der Waals surface area contributed by atoms with Crippen LogP contribution in [0.3, 0.4) is 0 Å². The van der Waals surface area contributed by atoms with E-state index >= 15 is 0 Å². The second-order valence-corrected chi connectivity index (χ2v) is 8.12. The zero-order chi connectivity index (χ0) is 25.3. The molecule has 1 aliphatic heterocycles. The average Bonchev–Trinajstić information content (AvgIpc) is 3.31. The minimum atomic E-state index is -4.28. The third-order valence-corrected chi connectivity index (χ3v) is 5.76. The van der Waals surface area contributed by atoms with Gasteiger partial charge in [-0.25, -0.2) is 0 Å². The molecule has 0 bridgehead atoms. The fraction of sp³-hybridized carbons (Fsp3) is 0.333. The topological polar surface area (TPSA) is 53.4 Å². The highest BCUT2D eigenvalue weighted by molar-refractivity contribution is 5.79. The Morgan fingerprint density at radius 1 is 1.29 bits per heavy atom. The average molecular weight is 473 g/mol. The van der Waals surface area contributed by atoms with Crippen LogP contribution < -0.4 is 0 Å². The van der Waals surface area contributed by atoms with Crippen LogP contribution in [0.1, 0.15) is 53.6 Å². The number of carbonyl (C=O) groups is 1. The van der Waals surface area contributed by atoms with Gasteiger partial charge < -0.3 is 10.0 Å². The number of aliphatic hydroxyl groups excluding tert-OH is 1. The Hall–Kier alpha value is -3.19. The van der Waals surface area contributed by atoms with E-state index in [4.69, 9.17) is 0 Å². The Morgan fingerprint density at radius 3 is 2.53 bits per heavy atom. The van der Waals surface area contributed by atoms with Gasteiger partial charge in [0.25, 0.3) is 0 Å². The standard InChI is InChI=1S/C20H25NO2.C7H6F3N/c1-4-6-19(15(3)5-2)16-7-8-20(18(11-16)13-22)17-9-10-21(12-17)14-23;1-5-2-3-6(4-11-5)7(8,9)10/h4,6-8,11,14,17,22H,1,3,5,9-10,12-13H2,2H3;2-4H,1H3/b19-6+;. The Kier molecular flexibility index (Phi) is 9.81. The lowest BCUT2D eigenvalue weighted by molar-refractivity contribution is -0.137. The van der Waals surface area contributed by atoms with Crippen molar-refractivity contribution in [1.29, 1.82) is 0 Å². The molecular weight excluding hydrogens is 441 g/mol. The summed E-state index contributed by atoms with van der Waals surface area (Å²) in [7, 11) is 0. The predicted octanol–water partition coefficient (Wildman–Crippen LogP) is 6.07. The Bertz CT molecular complexity index is 1030. The maximum Gasteiger partial charge on any atom is 0.417 e. The second kappa shape index (κ2) is 12.3. The number of allylic oxidation sites excluding steroid dienone is 4. The molecule has 0 saturated carbocycles. The lowest BCUT2D eigenvalue weighted by atomic mass is 9.89. The third kappa shape index (κ3) is 7.15. The van der Waals surface area contributed by atoms with E-state index in [1.54, 1.807) is 17.9 Å². The van der Waals surface area contributed by atoms with Crippen molar-refractivity contribution in [3.63, 3.8) is 0 Å². The van der Waals surface area contributed by atoms with Crippen LogP contribution >= 0.6 is 0 Å². The van der Waals surface area contributed by atoms with Crippen LogP contribution in [0.2, 0.25) is 0 Å². The molecule has 1 aliphatic rings. The number of rotatable bonds is 7. The fourth-order valence-electron chi connectivity index (χ4n) is 3.81. The Morgan fingerprint density at radius 2 is 2.03 bits per heavy atom. The van der Waals surface area contributed by atoms with Crippen molar-refractivity contribution < 1.29 is 23.1 Å². The van der Waals surface area contributed by atoms with Crippen molar-refractivity contribution in [2.75, 3.05) is 13.1 Å². The highest BCUT2D eigenvalue weighted by atomic mass is 19.4. The number of likely N-dealkylation sites (tertiary alicyclic amines) is 1. The summed E-state index contributed by atoms with van der Waals surface area (Å²) in [5.74, 6) is 0.303. The van der Waals surface area contributed by atoms with Gasteiger partial charge >= 0.3 is 6.18 Å². The van der Waals surface area contributed by atoms with Crippen LogP contribution in [0.25, 0.3) is 5.57 Å². The third-order valence-electron chi connectivity index (χ3n) is 5.76. The first-order chi connectivity index (χ1) is 16.1. The van der Waals surface area contributed by atoms with Crippen molar-refractivity contribution in [3.05, 3.63) is 95.4 Å². The smallest absolute Gasteiger partial charge is 0.392 e. The first-order valence-electron chi connectivity index (χ1n) is 11.1. The quantitative estimate of drug-likeness (QED) is 0.393. The molecule has 1 amide bonds. The van der Waals surface area contributed by atoms with Crippen LogP contribution in [0, 0.1) is 6.92 Å². The van der Waals surface area contributed by atoms with Crippen molar-refractivity contribution in [3.8, 4) is 0 Å². The van der Waals surface area contributed by atoms with E-state index in [-0.39, 0.29) is 6.61 Å². The molecule has 1 fully saturated rings. The molecule has 34 heavy (non-hydrogen) atoms. The lowest BCUT2D eigenvalue weighted by Gasteiger charge is -2.17. The number of hydrogen-bond acceptors (Lipinski definition) is 3. The van der Waals surface area contributed by atoms with Gasteiger partial charge in [0.1, 0.15) is 0 Å². The van der Waals surface area contributed by atoms with Crippen molar-refractivity contribution >= 4 is 12.0 Å². The van der Waals surface area contributed by atoms with Gasteiger partial charge in [0.15, 0.2) is 0 Å². The first kappa shape index (κ1) is 27.1. The van der Waals surface area contributed by atoms with Gasteiger partial charge in [-0.05, 0) is 65.8 Å². The fourth-order valence-corrected chi connectivity index (χ4v) is 3.81. The molecule has 2 heterocycles. The van der Waals surface area contributed by atoms with Gasteiger partial charge in [0.2, 0.25) is 6.41 Å². The summed E-state index contributed by atoms with van der Waals surface area (Å²) < 4.78 is 35.6. The summed E-state index contributed by atoms with van der Waals surface area (Å²) in [4.78, 5) is 16.2. The number of pyridine rings is 1. The van der Waals surface area contributed by atoms with E-state index in [0.717, 1.165) is 72.4 Å². The van der Waals surface area contributed by atoms with E-state index in [0.29, 0.717) is 11.6 Å². The molecule has 1 atom stereocenters. The van der Waals surface area contributed by atoms with Crippen LogP contribution in [0.15, 0.2) is 67.4 Å². The van der Waals surface area contributed by atoms with Crippen LogP contribution in [0.4, 0.5) is 13.2 Å². The molecule has 0 spiro atoms. The number of nitrogens with zero attached hydrogens (tertiary/aromatic N) is 2. The van der Waals surface area contributed by atoms with Gasteiger partial charge in [-0.1, -0.05) is 44.4 Å². The lowest BCUT2D eigenvalue weighted by Crippen LogP contribution is -2.18. The maximum atomic E-state index is 11.9. The molecule has 4 nitrogen and oxygen atoms in total. The molecule has 1 unspecified atom stereocenters. The van der Waals surface area contributed by atoms with E-state index in [1.165, 1.54) is 6.07 Å². The van der Waals surface area contributed by atoms with Gasteiger partial charge in [0, 0.05) is 30.9 Å². The first-order valence-corrected chi connectivity index (χ1v) is 11.1. The number of alkyl halides is 3. The summed E-state index contributed by atoms with van der Waals surface area (Å²) in [6, 6.07) is 8.55. The molecule has 1 N–H and O–H groups in total. The summed E-state index contributed by atoms with van der Waals surface area (Å²) >= 11 is 0. The SMILES string of the molecule is C=C/C=C(\C(=C)CC)c1ccc(C2CCN(C=O)C2)c(CO)c1.Cc1ccc(C(F)(F)F)cn1. The van der Waals surface area contributed by atoms with Crippen LogP contribution in [0.5, 0.6) is 0 Å². The van der Waals surface area contributed by atoms with Crippen molar-refractivity contribution in [1.82, 2.24) is 9.88 Å². The number of halogens is 3. The zero-order valence-corrected chi connectivity index (χ0v) is 19.6. The minimum absolute atomic E-state index is 0.000727. The normalized spacial score (nSPS) is 16.0. The molecular formula is C27H31F3N2O2. The van der Waals surface area contributed by atoms with Gasteiger partial charge in [0.05, 0.1) is 12.2 Å². The Balaban J connectivity index is 0.000000310. The largest absolute Gasteiger partial charge is 0.417 e. The number of benzene rings is 1. The van der Waals surface area contributed by atoms with E-state index in [2.05, 4.69) is 37.2 Å². The van der Waals surface area contributed by atoms with Crippen molar-refractivity contribution in [2.24, 2.45) is 0 Å². The molecule has 7 heteroatoms. The predicted molar refractivity (Wildman–Crippen MR) is 129 cm³/mol. The zero-order valence-electron chi connectivity index (χ0n) is 19.6. The summed E-state index contributed by atoms with van der Waals surface area (Å²) in [6.07, 6.45) is 3.00. The van der Waals surface area contributed by atoms with E-state index in [9.17, 15) is 23.1 Å². The van der Waals surface area contributed by atoms with Crippen molar-refractivity contribution in [2.45, 2.75) is 45.4 Å². The molecule has 3 rings (SSSR count). The van der Waals surface area contributed by atoms with Gasteiger partial charge in [-0.3, -0.25) is 9.78 Å². The minimum Gasteiger partial charge on any atom is -0.392 e. The van der Waals surface area contributed by atoms with Crippen LogP contribution in [-0.2, 0) is 17.6 Å². The number of carbonyl (C=O) groups excluding carboxylic acids is 1. The Labute approximate surface area is 199 Å². The number of hydrogen-bond donors (Lipinski definition) is 1. The van der Waals surface area contributed by atoms with Gasteiger partial charge in [-0.2, -0.15) is 13.2 Å². The van der Waals surface area contributed by atoms with Gasteiger partial charge in [-0.15, -0.1) is 0 Å². The highest BCUT2D eigenvalue weighted by Gasteiger charge is 2.30. The number of aliphatic hydroxyl groups is 1. The summed E-state index contributed by atoms with van der Waals surface area (Å²) in [5, 5.41) is 9.79. The number of aryl methyl sites for hydroxylation is 1. The molecule has 1 aromatic heterocycles. The molecule has 0 radical (unpaired) electrons. The summed E-state index contributed by atoms with van der Waals surface area (Å²) in [6.45, 7) is 13.1. The molecule has 0 aliphatic carbocycles. The summed E-state index contributed by atoms with van der Waals surface area (Å²) in [5.41, 5.74) is 5.11. The second-order valence-electron chi connectivity index (χ2n) is 8.12. The molecule has 2 aromatic rings. The van der Waals surface area contributed by atoms with E-state index < -0.39 is 11.7 Å². The monoisotopic (exact) mass is 472 g/mol. The highest BCUT2D eigenvalue weighted by Crippen LogP contribution is 2.33. The molecule has 1 saturated heterocycles. The van der Waals surface area contributed by atoms with E-state index in [1.807, 2.05) is 12.1 Å². The van der Waals surface area contributed by atoms with Crippen LogP contribution in [-0.4, -0.2) is 34.5 Å². The number of aromatic nitrogens is 1. The number of amides is 1. The maximum absolute atomic E-state index is 11.9. The molecule has 182 valence electrons.